The smallest absolute Gasteiger partial charge is 0.412 e. The zero-order chi connectivity index (χ0) is 18.1. The number of furan rings is 1. The molecular weight excluding hydrogens is 362 g/mol. The molecule has 0 saturated carbocycles. The average molecular weight is 376 g/mol. The third-order valence-corrected chi connectivity index (χ3v) is 5.54. The summed E-state index contributed by atoms with van der Waals surface area (Å²) < 4.78 is 5.96. The standard InChI is InChI=1S/C17H14ClN3O3S/c1-9(7-19)15-10(2)14-16(25-15)12(6-13(18)20-14)21(17(22)23)8-11-4-3-5-24-11/h3-6,9H,8H2,1-2H3,(H,22,23). The number of halogens is 1. The topological polar surface area (TPSA) is 90.4 Å². The van der Waals surface area contributed by atoms with Crippen molar-refractivity contribution in [3.63, 3.8) is 0 Å². The predicted molar refractivity (Wildman–Crippen MR) is 96.3 cm³/mol. The number of nitriles is 1. The minimum Gasteiger partial charge on any atom is -0.467 e. The number of aromatic nitrogens is 1. The van der Waals surface area contributed by atoms with E-state index < -0.39 is 6.09 Å². The van der Waals surface area contributed by atoms with Crippen molar-refractivity contribution < 1.29 is 14.3 Å². The lowest BCUT2D eigenvalue weighted by atomic mass is 10.1. The maximum absolute atomic E-state index is 11.8. The number of thiophene rings is 1. The number of aryl methyl sites for hydroxylation is 1. The highest BCUT2D eigenvalue weighted by Crippen LogP contribution is 2.41. The second-order valence-electron chi connectivity index (χ2n) is 5.53. The van der Waals surface area contributed by atoms with Gasteiger partial charge in [0.25, 0.3) is 0 Å². The van der Waals surface area contributed by atoms with E-state index in [0.717, 1.165) is 10.4 Å². The molecule has 8 heteroatoms. The van der Waals surface area contributed by atoms with Crippen molar-refractivity contribution in [2.24, 2.45) is 0 Å². The van der Waals surface area contributed by atoms with Gasteiger partial charge in [-0.15, -0.1) is 11.3 Å². The van der Waals surface area contributed by atoms with E-state index in [1.807, 2.05) is 6.92 Å². The van der Waals surface area contributed by atoms with Gasteiger partial charge >= 0.3 is 6.09 Å². The fourth-order valence-electron chi connectivity index (χ4n) is 2.63. The Bertz CT molecular complexity index is 975. The van der Waals surface area contributed by atoms with Crippen LogP contribution in [-0.2, 0) is 6.54 Å². The fraction of sp³-hybridized carbons (Fsp3) is 0.235. The molecule has 0 saturated heterocycles. The second-order valence-corrected chi connectivity index (χ2v) is 6.97. The van der Waals surface area contributed by atoms with Crippen LogP contribution in [0.15, 0.2) is 28.9 Å². The van der Waals surface area contributed by atoms with Gasteiger partial charge in [0.1, 0.15) is 10.9 Å². The van der Waals surface area contributed by atoms with Crippen molar-refractivity contribution in [1.29, 1.82) is 5.26 Å². The third kappa shape index (κ3) is 3.18. The molecule has 128 valence electrons. The summed E-state index contributed by atoms with van der Waals surface area (Å²) in [5, 5.41) is 19.1. The molecule has 0 radical (unpaired) electrons. The van der Waals surface area contributed by atoms with E-state index >= 15 is 0 Å². The number of amides is 1. The molecule has 3 heterocycles. The van der Waals surface area contributed by atoms with Crippen LogP contribution >= 0.6 is 22.9 Å². The Balaban J connectivity index is 2.19. The average Bonchev–Trinajstić information content (AvgIpc) is 3.20. The Morgan fingerprint density at radius 1 is 1.60 bits per heavy atom. The predicted octanol–water partition coefficient (Wildman–Crippen LogP) is 5.16. The molecule has 1 N–H and O–H groups in total. The summed E-state index contributed by atoms with van der Waals surface area (Å²) in [6, 6.07) is 7.14. The monoisotopic (exact) mass is 375 g/mol. The lowest BCUT2D eigenvalue weighted by molar-refractivity contribution is 0.201. The van der Waals surface area contributed by atoms with Crippen LogP contribution in [0.25, 0.3) is 10.2 Å². The van der Waals surface area contributed by atoms with E-state index in [0.29, 0.717) is 21.7 Å². The first-order valence-corrected chi connectivity index (χ1v) is 8.63. The van der Waals surface area contributed by atoms with Gasteiger partial charge in [-0.25, -0.2) is 9.78 Å². The number of hydrogen-bond donors (Lipinski definition) is 1. The Hall–Kier alpha value is -2.56. The number of carboxylic acid groups (broad SMARTS) is 1. The molecule has 0 aliphatic heterocycles. The first-order valence-electron chi connectivity index (χ1n) is 7.44. The lowest BCUT2D eigenvalue weighted by Gasteiger charge is -2.19. The Morgan fingerprint density at radius 3 is 2.96 bits per heavy atom. The molecular formula is C17H14ClN3O3S. The van der Waals surface area contributed by atoms with Crippen molar-refractivity contribution in [3.05, 3.63) is 45.8 Å². The Kier molecular flexibility index (Phi) is 4.66. The molecule has 0 aliphatic carbocycles. The molecule has 6 nitrogen and oxygen atoms in total. The van der Waals surface area contributed by atoms with Crippen molar-refractivity contribution >= 4 is 44.9 Å². The summed E-state index contributed by atoms with van der Waals surface area (Å²) in [6.45, 7) is 3.72. The minimum absolute atomic E-state index is 0.0534. The molecule has 1 amide bonds. The molecule has 0 spiro atoms. The molecule has 1 unspecified atom stereocenters. The van der Waals surface area contributed by atoms with Gasteiger partial charge in [0.05, 0.1) is 40.7 Å². The quantitative estimate of drug-likeness (QED) is 0.636. The van der Waals surface area contributed by atoms with Crippen LogP contribution in [0, 0.1) is 18.3 Å². The van der Waals surface area contributed by atoms with Crippen LogP contribution < -0.4 is 4.90 Å². The maximum Gasteiger partial charge on any atom is 0.412 e. The number of anilines is 1. The molecule has 0 aromatic carbocycles. The fourth-order valence-corrected chi connectivity index (χ4v) is 4.09. The normalized spacial score (nSPS) is 12.1. The molecule has 0 aliphatic rings. The van der Waals surface area contributed by atoms with Crippen LogP contribution in [0.3, 0.4) is 0 Å². The van der Waals surface area contributed by atoms with Crippen LogP contribution in [-0.4, -0.2) is 16.2 Å². The minimum atomic E-state index is -1.12. The third-order valence-electron chi connectivity index (χ3n) is 3.86. The van der Waals surface area contributed by atoms with Crippen molar-refractivity contribution in [2.75, 3.05) is 4.90 Å². The van der Waals surface area contributed by atoms with E-state index in [1.165, 1.54) is 28.6 Å². The van der Waals surface area contributed by atoms with Crippen molar-refractivity contribution in [2.45, 2.75) is 26.3 Å². The number of hydrogen-bond acceptors (Lipinski definition) is 5. The summed E-state index contributed by atoms with van der Waals surface area (Å²) in [6.07, 6.45) is 0.368. The van der Waals surface area contributed by atoms with Gasteiger partial charge in [-0.2, -0.15) is 5.26 Å². The summed E-state index contributed by atoms with van der Waals surface area (Å²) >= 11 is 7.51. The van der Waals surface area contributed by atoms with Gasteiger partial charge in [-0.1, -0.05) is 11.6 Å². The first kappa shape index (κ1) is 17.3. The van der Waals surface area contributed by atoms with Gasteiger partial charge in [0, 0.05) is 10.9 Å². The van der Waals surface area contributed by atoms with Crippen molar-refractivity contribution in [1.82, 2.24) is 4.98 Å². The molecule has 0 fully saturated rings. The summed E-state index contributed by atoms with van der Waals surface area (Å²) in [7, 11) is 0. The highest BCUT2D eigenvalue weighted by Gasteiger charge is 2.24. The summed E-state index contributed by atoms with van der Waals surface area (Å²) in [5.74, 6) is 0.205. The van der Waals surface area contributed by atoms with Crippen molar-refractivity contribution in [3.8, 4) is 6.07 Å². The van der Waals surface area contributed by atoms with E-state index in [4.69, 9.17) is 16.0 Å². The Morgan fingerprint density at radius 2 is 2.36 bits per heavy atom. The number of pyridine rings is 1. The first-order chi connectivity index (χ1) is 11.9. The van der Waals surface area contributed by atoms with Gasteiger partial charge in [0.15, 0.2) is 0 Å². The highest BCUT2D eigenvalue weighted by atomic mass is 35.5. The second kappa shape index (κ2) is 6.75. The van der Waals surface area contributed by atoms with Crippen LogP contribution in [0.1, 0.15) is 29.0 Å². The highest BCUT2D eigenvalue weighted by molar-refractivity contribution is 7.20. The van der Waals surface area contributed by atoms with E-state index in [2.05, 4.69) is 11.1 Å². The number of carbonyl (C=O) groups is 1. The molecule has 3 aromatic rings. The van der Waals surface area contributed by atoms with E-state index in [1.54, 1.807) is 19.1 Å². The zero-order valence-corrected chi connectivity index (χ0v) is 15.1. The van der Waals surface area contributed by atoms with Crippen LogP contribution in [0.4, 0.5) is 10.5 Å². The number of fused-ring (bicyclic) bond motifs is 1. The largest absolute Gasteiger partial charge is 0.467 e. The Labute approximate surface area is 152 Å². The van der Waals surface area contributed by atoms with Crippen LogP contribution in [0.5, 0.6) is 0 Å². The summed E-state index contributed by atoms with van der Waals surface area (Å²) in [4.78, 5) is 18.2. The molecule has 1 atom stereocenters. The number of rotatable bonds is 4. The van der Waals surface area contributed by atoms with E-state index in [-0.39, 0.29) is 17.6 Å². The zero-order valence-electron chi connectivity index (χ0n) is 13.5. The molecule has 3 aromatic heterocycles. The maximum atomic E-state index is 11.8. The summed E-state index contributed by atoms with van der Waals surface area (Å²) in [5.41, 5.74) is 1.90. The molecule has 3 rings (SSSR count). The molecule has 25 heavy (non-hydrogen) atoms. The number of nitrogens with zero attached hydrogens (tertiary/aromatic N) is 3. The SMILES string of the molecule is Cc1c(C(C)C#N)sc2c(N(Cc3ccco3)C(=O)O)cc(Cl)nc12. The molecule has 0 bridgehead atoms. The van der Waals surface area contributed by atoms with Gasteiger partial charge in [0.2, 0.25) is 0 Å². The van der Waals surface area contributed by atoms with Gasteiger partial charge < -0.3 is 9.52 Å². The van der Waals surface area contributed by atoms with Gasteiger partial charge in [-0.05, 0) is 31.5 Å². The van der Waals surface area contributed by atoms with Gasteiger partial charge in [-0.3, -0.25) is 4.90 Å². The lowest BCUT2D eigenvalue weighted by Crippen LogP contribution is -2.28. The van der Waals surface area contributed by atoms with E-state index in [9.17, 15) is 15.2 Å². The van der Waals surface area contributed by atoms with Crippen LogP contribution in [0.2, 0.25) is 5.15 Å².